The Bertz CT molecular complexity index is 1540. The molecule has 37 heavy (non-hydrogen) atoms. The predicted octanol–water partition coefficient (Wildman–Crippen LogP) is 7.79. The number of anilines is 1. The molecule has 0 N–H and O–H groups in total. The molecule has 4 aromatic rings. The lowest BCUT2D eigenvalue weighted by molar-refractivity contribution is -0.114. The number of carbonyl (C=O) groups is 1. The van der Waals surface area contributed by atoms with Crippen molar-refractivity contribution in [1.82, 2.24) is 4.57 Å². The highest BCUT2D eigenvalue weighted by atomic mass is 35.5. The third kappa shape index (κ3) is 5.06. The van der Waals surface area contributed by atoms with Gasteiger partial charge in [-0.25, -0.2) is 0 Å². The number of hydrogen-bond acceptors (Lipinski definition) is 3. The zero-order valence-corrected chi connectivity index (χ0v) is 22.2. The van der Waals surface area contributed by atoms with Crippen molar-refractivity contribution in [3.05, 3.63) is 117 Å². The Hall–Kier alpha value is -3.80. The first-order valence-electron chi connectivity index (χ1n) is 11.8. The van der Waals surface area contributed by atoms with Crippen LogP contribution in [0.15, 0.2) is 89.5 Å². The Labute approximate surface area is 226 Å². The Morgan fingerprint density at radius 2 is 1.62 bits per heavy atom. The van der Waals surface area contributed by atoms with Crippen LogP contribution < -0.4 is 9.75 Å². The number of aromatic nitrogens is 1. The van der Waals surface area contributed by atoms with Crippen LogP contribution in [0.4, 0.5) is 5.69 Å². The van der Waals surface area contributed by atoms with Gasteiger partial charge < -0.3 is 9.30 Å². The van der Waals surface area contributed by atoms with Crippen molar-refractivity contribution < 1.29 is 9.53 Å². The second-order valence-electron chi connectivity index (χ2n) is 8.88. The second kappa shape index (κ2) is 10.3. The molecule has 0 atom stereocenters. The van der Waals surface area contributed by atoms with Crippen molar-refractivity contribution in [3.63, 3.8) is 0 Å². The molecule has 1 aromatic heterocycles. The van der Waals surface area contributed by atoms with Crippen LogP contribution in [0.5, 0.6) is 5.75 Å². The molecule has 0 bridgehead atoms. The number of carbonyl (C=O) groups excluding carboxylic acids is 1. The quantitative estimate of drug-likeness (QED) is 0.239. The summed E-state index contributed by atoms with van der Waals surface area (Å²) in [6, 6.07) is 24.8. The highest BCUT2D eigenvalue weighted by molar-refractivity contribution is 6.35. The van der Waals surface area contributed by atoms with E-state index in [-0.39, 0.29) is 5.91 Å². The Balaban J connectivity index is 1.36. The second-order valence-corrected chi connectivity index (χ2v) is 9.72. The maximum Gasteiger partial charge on any atom is 0.280 e. The van der Waals surface area contributed by atoms with Gasteiger partial charge in [-0.3, -0.25) is 4.79 Å². The molecular weight excluding hydrogens is 505 g/mol. The number of amides is 1. The molecule has 5 rings (SSSR count). The maximum atomic E-state index is 13.1. The van der Waals surface area contributed by atoms with Gasteiger partial charge in [0.25, 0.3) is 5.91 Å². The fraction of sp³-hybridized carbons (Fsp3) is 0.133. The van der Waals surface area contributed by atoms with Gasteiger partial charge in [0.2, 0.25) is 0 Å². The van der Waals surface area contributed by atoms with Crippen LogP contribution >= 0.6 is 23.2 Å². The number of ether oxygens (including phenoxy) is 1. The third-order valence-electron chi connectivity index (χ3n) is 6.34. The van der Waals surface area contributed by atoms with E-state index in [4.69, 9.17) is 27.9 Å². The molecule has 0 unspecified atom stereocenters. The lowest BCUT2D eigenvalue weighted by Crippen LogP contribution is -2.21. The van der Waals surface area contributed by atoms with Crippen LogP contribution in [-0.2, 0) is 11.4 Å². The summed E-state index contributed by atoms with van der Waals surface area (Å²) in [7, 11) is 0. The zero-order chi connectivity index (χ0) is 26.1. The van der Waals surface area contributed by atoms with Crippen molar-refractivity contribution in [1.29, 1.82) is 0 Å². The van der Waals surface area contributed by atoms with Crippen LogP contribution in [0.3, 0.4) is 0 Å². The summed E-state index contributed by atoms with van der Waals surface area (Å²) in [5.74, 6) is 0.611. The Kier molecular flexibility index (Phi) is 6.92. The molecule has 0 saturated carbocycles. The molecule has 0 aliphatic carbocycles. The Morgan fingerprint density at radius 3 is 2.32 bits per heavy atom. The van der Waals surface area contributed by atoms with Crippen LogP contribution in [-0.4, -0.2) is 16.2 Å². The number of para-hydroxylation sites is 1. The number of benzene rings is 3. The van der Waals surface area contributed by atoms with Gasteiger partial charge in [0.15, 0.2) is 0 Å². The molecule has 0 saturated heterocycles. The van der Waals surface area contributed by atoms with E-state index in [9.17, 15) is 4.79 Å². The van der Waals surface area contributed by atoms with E-state index in [0.717, 1.165) is 39.6 Å². The fourth-order valence-corrected chi connectivity index (χ4v) is 4.87. The number of halogens is 2. The van der Waals surface area contributed by atoms with Crippen LogP contribution in [0.2, 0.25) is 10.0 Å². The van der Waals surface area contributed by atoms with Crippen molar-refractivity contribution >= 4 is 46.6 Å². The van der Waals surface area contributed by atoms with Crippen molar-refractivity contribution in [2.24, 2.45) is 5.10 Å². The molecular formula is C30H25Cl2N3O2. The first kappa shape index (κ1) is 24.9. The summed E-state index contributed by atoms with van der Waals surface area (Å²) in [5, 5.41) is 7.12. The van der Waals surface area contributed by atoms with Crippen LogP contribution in [0, 0.1) is 13.8 Å². The van der Waals surface area contributed by atoms with Crippen molar-refractivity contribution in [2.45, 2.75) is 27.4 Å². The molecule has 2 heterocycles. The lowest BCUT2D eigenvalue weighted by atomic mass is 10.1. The van der Waals surface area contributed by atoms with Gasteiger partial charge in [-0.05, 0) is 87.0 Å². The minimum absolute atomic E-state index is 0.129. The predicted molar refractivity (Wildman–Crippen MR) is 151 cm³/mol. The first-order valence-corrected chi connectivity index (χ1v) is 12.6. The molecule has 1 aliphatic rings. The van der Waals surface area contributed by atoms with E-state index in [0.29, 0.717) is 27.9 Å². The van der Waals surface area contributed by atoms with Crippen LogP contribution in [0.25, 0.3) is 11.8 Å². The highest BCUT2D eigenvalue weighted by Gasteiger charge is 2.29. The molecule has 1 aliphatic heterocycles. The van der Waals surface area contributed by atoms with E-state index in [2.05, 4.69) is 22.7 Å². The number of nitrogens with zero attached hydrogens (tertiary/aromatic N) is 3. The summed E-state index contributed by atoms with van der Waals surface area (Å²) >= 11 is 12.2. The van der Waals surface area contributed by atoms with Crippen LogP contribution in [0.1, 0.15) is 29.4 Å². The molecule has 5 nitrogen and oxygen atoms in total. The van der Waals surface area contributed by atoms with E-state index >= 15 is 0 Å². The topological polar surface area (TPSA) is 46.8 Å². The van der Waals surface area contributed by atoms with Gasteiger partial charge in [0.1, 0.15) is 12.4 Å². The van der Waals surface area contributed by atoms with Gasteiger partial charge in [-0.2, -0.15) is 10.1 Å². The molecule has 0 radical (unpaired) electrons. The summed E-state index contributed by atoms with van der Waals surface area (Å²) < 4.78 is 8.09. The number of rotatable bonds is 6. The van der Waals surface area contributed by atoms with Crippen molar-refractivity contribution in [2.75, 3.05) is 5.01 Å². The molecule has 3 aromatic carbocycles. The smallest absolute Gasteiger partial charge is 0.280 e. The summed E-state index contributed by atoms with van der Waals surface area (Å²) in [4.78, 5) is 13.1. The SMILES string of the molecule is CC1=NN(c2ccccc2)C(=O)/C1=C/c1cc(C)n(-c2ccc(OCc3ccc(Cl)cc3Cl)cc2)c1C. The largest absolute Gasteiger partial charge is 0.489 e. The summed E-state index contributed by atoms with van der Waals surface area (Å²) in [5.41, 5.74) is 6.98. The number of aryl methyl sites for hydroxylation is 1. The minimum atomic E-state index is -0.129. The normalized spacial score (nSPS) is 14.4. The van der Waals surface area contributed by atoms with E-state index in [1.807, 2.05) is 80.6 Å². The van der Waals surface area contributed by atoms with Gasteiger partial charge in [0, 0.05) is 32.7 Å². The van der Waals surface area contributed by atoms with E-state index in [1.165, 1.54) is 5.01 Å². The minimum Gasteiger partial charge on any atom is -0.489 e. The average Bonchev–Trinajstić information content (AvgIpc) is 3.33. The molecule has 1 amide bonds. The standard InChI is InChI=1S/C30H25Cl2N3O2/c1-19-15-23(16-28-20(2)33-35(30(28)36)26-7-5-4-6-8-26)21(3)34(19)25-11-13-27(14-12-25)37-18-22-9-10-24(31)17-29(22)32/h4-17H,18H2,1-3H3/b28-16+. The van der Waals surface area contributed by atoms with Gasteiger partial charge in [0.05, 0.1) is 17.0 Å². The summed E-state index contributed by atoms with van der Waals surface area (Å²) in [6.07, 6.45) is 1.93. The molecule has 186 valence electrons. The number of hydrogen-bond donors (Lipinski definition) is 0. The zero-order valence-electron chi connectivity index (χ0n) is 20.7. The fourth-order valence-electron chi connectivity index (χ4n) is 4.41. The first-order chi connectivity index (χ1) is 17.8. The molecule has 0 fully saturated rings. The van der Waals surface area contributed by atoms with E-state index in [1.54, 1.807) is 12.1 Å². The summed E-state index contributed by atoms with van der Waals surface area (Å²) in [6.45, 7) is 6.31. The maximum absolute atomic E-state index is 13.1. The van der Waals surface area contributed by atoms with Gasteiger partial charge in [-0.15, -0.1) is 0 Å². The third-order valence-corrected chi connectivity index (χ3v) is 6.92. The average molecular weight is 530 g/mol. The van der Waals surface area contributed by atoms with Crippen molar-refractivity contribution in [3.8, 4) is 11.4 Å². The highest BCUT2D eigenvalue weighted by Crippen LogP contribution is 2.29. The van der Waals surface area contributed by atoms with Gasteiger partial charge >= 0.3 is 0 Å². The molecule has 7 heteroatoms. The lowest BCUT2D eigenvalue weighted by Gasteiger charge is -2.12. The van der Waals surface area contributed by atoms with E-state index < -0.39 is 0 Å². The molecule has 0 spiro atoms. The number of hydrazone groups is 1. The van der Waals surface area contributed by atoms with Gasteiger partial charge in [-0.1, -0.05) is 47.5 Å². The monoisotopic (exact) mass is 529 g/mol. The Morgan fingerprint density at radius 1 is 0.892 bits per heavy atom.